The molecular formula is C22H21ClN4O4S2. The SMILES string of the molecule is O=C(NC(=O)c1ccccc1Cl)Nc1nc2ccc(S(=O)(=O)C3CN(CC4CC4)C3)cc2s1. The second-order valence-corrected chi connectivity index (χ2v) is 12.0. The summed E-state index contributed by atoms with van der Waals surface area (Å²) in [5.74, 6) is 0.106. The lowest BCUT2D eigenvalue weighted by Gasteiger charge is -2.38. The fourth-order valence-electron chi connectivity index (χ4n) is 3.81. The summed E-state index contributed by atoms with van der Waals surface area (Å²) in [5.41, 5.74) is 0.746. The van der Waals surface area contributed by atoms with E-state index in [-0.39, 0.29) is 25.9 Å². The standard InChI is InChI=1S/C22H21ClN4O4S2/c23-17-4-2-1-3-16(17)20(28)25-21(29)26-22-24-18-8-7-14(9-19(18)32-22)33(30,31)15-11-27(12-15)10-13-5-6-13/h1-4,7-9,13,15H,5-6,10-12H2,(H2,24,25,26,28,29). The van der Waals surface area contributed by atoms with Gasteiger partial charge in [-0.3, -0.25) is 15.4 Å². The Bertz CT molecular complexity index is 1350. The van der Waals surface area contributed by atoms with Crippen molar-refractivity contribution in [3.63, 3.8) is 0 Å². The predicted molar refractivity (Wildman–Crippen MR) is 128 cm³/mol. The fraction of sp³-hybridized carbons (Fsp3) is 0.318. The summed E-state index contributed by atoms with van der Waals surface area (Å²) in [7, 11) is -3.43. The first-order valence-corrected chi connectivity index (χ1v) is 13.3. The van der Waals surface area contributed by atoms with Crippen LogP contribution in [0.3, 0.4) is 0 Å². The van der Waals surface area contributed by atoms with Crippen molar-refractivity contribution in [1.29, 1.82) is 0 Å². The molecule has 1 aliphatic heterocycles. The van der Waals surface area contributed by atoms with E-state index in [0.717, 1.165) is 23.8 Å². The number of thiazole rings is 1. The summed E-state index contributed by atoms with van der Waals surface area (Å²) in [6, 6.07) is 10.4. The number of urea groups is 1. The maximum Gasteiger partial charge on any atom is 0.327 e. The van der Waals surface area contributed by atoms with Gasteiger partial charge >= 0.3 is 6.03 Å². The molecule has 1 aromatic heterocycles. The molecule has 2 aliphatic rings. The van der Waals surface area contributed by atoms with Gasteiger partial charge in [-0.25, -0.2) is 18.2 Å². The number of nitrogens with one attached hydrogen (secondary N) is 2. The summed E-state index contributed by atoms with van der Waals surface area (Å²) in [4.78, 5) is 31.2. The van der Waals surface area contributed by atoms with Crippen molar-refractivity contribution in [2.24, 2.45) is 5.92 Å². The molecule has 2 N–H and O–H groups in total. The Morgan fingerprint density at radius 2 is 1.91 bits per heavy atom. The van der Waals surface area contributed by atoms with Gasteiger partial charge in [0.1, 0.15) is 0 Å². The lowest BCUT2D eigenvalue weighted by atomic mass is 10.2. The Balaban J connectivity index is 1.25. The summed E-state index contributed by atoms with van der Waals surface area (Å²) < 4.78 is 26.6. The van der Waals surface area contributed by atoms with Crippen LogP contribution in [0.15, 0.2) is 47.4 Å². The molecule has 1 saturated heterocycles. The average Bonchev–Trinajstić information content (AvgIpc) is 3.47. The second-order valence-electron chi connectivity index (χ2n) is 8.37. The van der Waals surface area contributed by atoms with E-state index in [4.69, 9.17) is 11.6 Å². The third kappa shape index (κ3) is 4.74. The van der Waals surface area contributed by atoms with E-state index >= 15 is 0 Å². The van der Waals surface area contributed by atoms with Crippen LogP contribution in [0.25, 0.3) is 10.2 Å². The topological polar surface area (TPSA) is 108 Å². The molecule has 33 heavy (non-hydrogen) atoms. The highest BCUT2D eigenvalue weighted by Gasteiger charge is 2.40. The van der Waals surface area contributed by atoms with Crippen LogP contribution in [0.2, 0.25) is 5.02 Å². The third-order valence-electron chi connectivity index (χ3n) is 5.83. The van der Waals surface area contributed by atoms with Crippen molar-refractivity contribution in [1.82, 2.24) is 15.2 Å². The number of halogens is 1. The Hall–Kier alpha value is -2.53. The lowest BCUT2D eigenvalue weighted by Crippen LogP contribution is -2.55. The van der Waals surface area contributed by atoms with E-state index in [9.17, 15) is 18.0 Å². The number of fused-ring (bicyclic) bond motifs is 1. The molecular weight excluding hydrogens is 484 g/mol. The molecule has 0 bridgehead atoms. The first kappa shape index (κ1) is 22.3. The molecule has 0 spiro atoms. The van der Waals surface area contributed by atoms with E-state index in [1.54, 1.807) is 36.4 Å². The lowest BCUT2D eigenvalue weighted by molar-refractivity contribution is 0.0967. The molecule has 5 rings (SSSR count). The summed E-state index contributed by atoms with van der Waals surface area (Å²) in [5, 5.41) is 4.83. The molecule has 1 aliphatic carbocycles. The van der Waals surface area contributed by atoms with E-state index in [0.29, 0.717) is 23.3 Å². The minimum absolute atomic E-state index is 0.181. The molecule has 3 amide bonds. The van der Waals surface area contributed by atoms with Gasteiger partial charge in [0.15, 0.2) is 15.0 Å². The minimum Gasteiger partial charge on any atom is -0.300 e. The van der Waals surface area contributed by atoms with Gasteiger partial charge in [0.2, 0.25) is 0 Å². The number of anilines is 1. The number of imide groups is 1. The summed E-state index contributed by atoms with van der Waals surface area (Å²) in [6.45, 7) is 2.15. The highest BCUT2D eigenvalue weighted by molar-refractivity contribution is 7.92. The molecule has 3 aromatic rings. The minimum atomic E-state index is -3.43. The molecule has 0 radical (unpaired) electrons. The smallest absolute Gasteiger partial charge is 0.300 e. The van der Waals surface area contributed by atoms with Gasteiger partial charge < -0.3 is 4.90 Å². The molecule has 8 nitrogen and oxygen atoms in total. The quantitative estimate of drug-likeness (QED) is 0.529. The van der Waals surface area contributed by atoms with E-state index < -0.39 is 21.8 Å². The molecule has 2 fully saturated rings. The monoisotopic (exact) mass is 504 g/mol. The van der Waals surface area contributed by atoms with Gasteiger partial charge in [-0.1, -0.05) is 35.1 Å². The highest BCUT2D eigenvalue weighted by Crippen LogP contribution is 2.34. The largest absolute Gasteiger partial charge is 0.327 e. The molecule has 0 unspecified atom stereocenters. The molecule has 1 saturated carbocycles. The number of sulfone groups is 1. The van der Waals surface area contributed by atoms with Gasteiger partial charge in [0.05, 0.1) is 30.9 Å². The third-order valence-corrected chi connectivity index (χ3v) is 9.18. The van der Waals surface area contributed by atoms with E-state index in [1.165, 1.54) is 18.9 Å². The normalized spacial score (nSPS) is 17.0. The molecule has 0 atom stereocenters. The van der Waals surface area contributed by atoms with Gasteiger partial charge in [0, 0.05) is 19.6 Å². The summed E-state index contributed by atoms with van der Waals surface area (Å²) >= 11 is 7.12. The number of nitrogens with zero attached hydrogens (tertiary/aromatic N) is 2. The molecule has 11 heteroatoms. The summed E-state index contributed by atoms with van der Waals surface area (Å²) in [6.07, 6.45) is 2.50. The molecule has 2 aromatic carbocycles. The van der Waals surface area contributed by atoms with Gasteiger partial charge in [0.25, 0.3) is 5.91 Å². The van der Waals surface area contributed by atoms with E-state index in [2.05, 4.69) is 20.5 Å². The van der Waals surface area contributed by atoms with Crippen LogP contribution in [0.1, 0.15) is 23.2 Å². The predicted octanol–water partition coefficient (Wildman–Crippen LogP) is 3.78. The molecule has 2 heterocycles. The Morgan fingerprint density at radius 3 is 2.64 bits per heavy atom. The van der Waals surface area contributed by atoms with E-state index in [1.807, 2.05) is 0 Å². The highest BCUT2D eigenvalue weighted by atomic mass is 35.5. The maximum absolute atomic E-state index is 13.0. The Morgan fingerprint density at radius 1 is 1.15 bits per heavy atom. The number of hydrogen-bond donors (Lipinski definition) is 2. The van der Waals surface area contributed by atoms with Crippen LogP contribution in [0.5, 0.6) is 0 Å². The number of carbonyl (C=O) groups excluding carboxylic acids is 2. The van der Waals surface area contributed by atoms with Crippen LogP contribution >= 0.6 is 22.9 Å². The zero-order chi connectivity index (χ0) is 23.2. The van der Waals surface area contributed by atoms with Gasteiger partial charge in [-0.05, 0) is 49.1 Å². The van der Waals surface area contributed by atoms with Crippen LogP contribution in [-0.4, -0.2) is 55.1 Å². The number of hydrogen-bond acceptors (Lipinski definition) is 7. The number of benzene rings is 2. The first-order valence-electron chi connectivity index (χ1n) is 10.5. The van der Waals surface area contributed by atoms with Crippen LogP contribution in [-0.2, 0) is 9.84 Å². The Labute approximate surface area is 199 Å². The number of amides is 3. The van der Waals surface area contributed by atoms with Crippen molar-refractivity contribution in [3.8, 4) is 0 Å². The fourth-order valence-corrected chi connectivity index (χ4v) is 6.74. The maximum atomic E-state index is 13.0. The van der Waals surface area contributed by atoms with Crippen molar-refractivity contribution in [2.75, 3.05) is 25.0 Å². The average molecular weight is 505 g/mol. The number of aromatic nitrogens is 1. The molecule has 172 valence electrons. The van der Waals surface area contributed by atoms with Crippen molar-refractivity contribution >= 4 is 60.1 Å². The van der Waals surface area contributed by atoms with Crippen LogP contribution in [0, 0.1) is 5.92 Å². The van der Waals surface area contributed by atoms with Crippen LogP contribution < -0.4 is 10.6 Å². The van der Waals surface area contributed by atoms with Gasteiger partial charge in [-0.15, -0.1) is 0 Å². The number of carbonyl (C=O) groups is 2. The Kier molecular flexibility index (Phi) is 5.86. The second kappa shape index (κ2) is 8.68. The number of likely N-dealkylation sites (tertiary alicyclic amines) is 1. The zero-order valence-corrected chi connectivity index (χ0v) is 19.8. The van der Waals surface area contributed by atoms with Crippen molar-refractivity contribution in [3.05, 3.63) is 53.1 Å². The zero-order valence-electron chi connectivity index (χ0n) is 17.5. The number of rotatable bonds is 6. The van der Waals surface area contributed by atoms with Crippen LogP contribution in [0.4, 0.5) is 9.93 Å². The van der Waals surface area contributed by atoms with Crippen molar-refractivity contribution < 1.29 is 18.0 Å². The first-order chi connectivity index (χ1) is 15.8. The van der Waals surface area contributed by atoms with Gasteiger partial charge in [-0.2, -0.15) is 0 Å². The van der Waals surface area contributed by atoms with Crippen molar-refractivity contribution in [2.45, 2.75) is 23.0 Å².